The molecule has 0 amide bonds. The molecule has 1 aromatic carbocycles. The van der Waals surface area contributed by atoms with Crippen LogP contribution < -0.4 is 5.32 Å². The third-order valence-electron chi connectivity index (χ3n) is 4.56. The van der Waals surface area contributed by atoms with Crippen LogP contribution in [0.2, 0.25) is 0 Å². The lowest BCUT2D eigenvalue weighted by atomic mass is 9.93. The molecule has 0 unspecified atom stereocenters. The number of aryl methyl sites for hydroxylation is 1. The molecule has 0 spiro atoms. The van der Waals surface area contributed by atoms with E-state index < -0.39 is 0 Å². The van der Waals surface area contributed by atoms with Crippen LogP contribution in [0.25, 0.3) is 0 Å². The van der Waals surface area contributed by atoms with E-state index in [0.29, 0.717) is 6.04 Å². The van der Waals surface area contributed by atoms with E-state index in [1.54, 1.807) is 0 Å². The second-order valence-electron chi connectivity index (χ2n) is 6.08. The molecule has 1 heteroatoms. The molecule has 0 aliphatic heterocycles. The van der Waals surface area contributed by atoms with Crippen LogP contribution in [-0.2, 0) is 6.42 Å². The summed E-state index contributed by atoms with van der Waals surface area (Å²) < 4.78 is 0. The van der Waals surface area contributed by atoms with Gasteiger partial charge in [-0.05, 0) is 50.6 Å². The quantitative estimate of drug-likeness (QED) is 0.583. The van der Waals surface area contributed by atoms with Gasteiger partial charge in [0.05, 0.1) is 0 Å². The summed E-state index contributed by atoms with van der Waals surface area (Å²) in [5.41, 5.74) is 1.46. The van der Waals surface area contributed by atoms with Crippen molar-refractivity contribution < 1.29 is 0 Å². The molecule has 0 heterocycles. The Morgan fingerprint density at radius 1 is 1.05 bits per heavy atom. The summed E-state index contributed by atoms with van der Waals surface area (Å²) in [6.45, 7) is 3.55. The monoisotopic (exact) mass is 259 g/mol. The molecule has 1 atom stereocenters. The van der Waals surface area contributed by atoms with Gasteiger partial charge in [-0.2, -0.15) is 0 Å². The van der Waals surface area contributed by atoms with Gasteiger partial charge in [0, 0.05) is 6.04 Å². The van der Waals surface area contributed by atoms with Crippen LogP contribution in [0.15, 0.2) is 30.3 Å². The van der Waals surface area contributed by atoms with Gasteiger partial charge in [0.25, 0.3) is 0 Å². The maximum Gasteiger partial charge on any atom is 0.00669 e. The number of benzene rings is 1. The summed E-state index contributed by atoms with van der Waals surface area (Å²) in [5.74, 6) is 0.916. The minimum atomic E-state index is 0.703. The van der Waals surface area contributed by atoms with Crippen LogP contribution in [0.1, 0.15) is 57.4 Å². The highest BCUT2D eigenvalue weighted by atomic mass is 14.9. The van der Waals surface area contributed by atoms with Crippen LogP contribution in [0, 0.1) is 5.92 Å². The maximum absolute atomic E-state index is 3.75. The first kappa shape index (κ1) is 14.6. The molecule has 1 aliphatic rings. The van der Waals surface area contributed by atoms with Gasteiger partial charge < -0.3 is 5.32 Å². The predicted octanol–water partition coefficient (Wildman–Crippen LogP) is 4.57. The van der Waals surface area contributed by atoms with Gasteiger partial charge in [-0.25, -0.2) is 0 Å². The number of rotatable bonds is 6. The lowest BCUT2D eigenvalue weighted by Crippen LogP contribution is -2.34. The zero-order chi connectivity index (χ0) is 13.3. The largest absolute Gasteiger partial charge is 0.314 e. The third-order valence-corrected chi connectivity index (χ3v) is 4.56. The van der Waals surface area contributed by atoms with E-state index in [1.165, 1.54) is 56.9 Å². The fourth-order valence-electron chi connectivity index (χ4n) is 3.24. The molecule has 19 heavy (non-hydrogen) atoms. The first-order chi connectivity index (χ1) is 9.36. The Bertz CT molecular complexity index is 325. The lowest BCUT2D eigenvalue weighted by Gasteiger charge is -2.23. The minimum Gasteiger partial charge on any atom is -0.314 e. The molecule has 1 N–H and O–H groups in total. The maximum atomic E-state index is 3.75. The highest BCUT2D eigenvalue weighted by Gasteiger charge is 2.18. The van der Waals surface area contributed by atoms with Gasteiger partial charge in [-0.1, -0.05) is 56.0 Å². The Labute approximate surface area is 118 Å². The normalized spacial score (nSPS) is 19.0. The topological polar surface area (TPSA) is 12.0 Å². The molecule has 0 saturated heterocycles. The molecule has 2 rings (SSSR count). The Morgan fingerprint density at radius 2 is 1.74 bits per heavy atom. The van der Waals surface area contributed by atoms with E-state index in [1.807, 2.05) is 0 Å². The third kappa shape index (κ3) is 5.36. The second-order valence-corrected chi connectivity index (χ2v) is 6.08. The van der Waals surface area contributed by atoms with Crippen LogP contribution in [0.5, 0.6) is 0 Å². The van der Waals surface area contributed by atoms with Crippen LogP contribution in [0.3, 0.4) is 0 Å². The van der Waals surface area contributed by atoms with Gasteiger partial charge in [0.15, 0.2) is 0 Å². The van der Waals surface area contributed by atoms with E-state index in [0.717, 1.165) is 12.5 Å². The van der Waals surface area contributed by atoms with E-state index in [9.17, 15) is 0 Å². The van der Waals surface area contributed by atoms with Gasteiger partial charge in [-0.15, -0.1) is 0 Å². The Balaban J connectivity index is 1.62. The van der Waals surface area contributed by atoms with Crippen LogP contribution in [0.4, 0.5) is 0 Å². The molecule has 1 fully saturated rings. The van der Waals surface area contributed by atoms with Gasteiger partial charge in [0.2, 0.25) is 0 Å². The summed E-state index contributed by atoms with van der Waals surface area (Å²) in [4.78, 5) is 0. The Kier molecular flexibility index (Phi) is 6.43. The van der Waals surface area contributed by atoms with Crippen molar-refractivity contribution in [2.45, 2.75) is 64.3 Å². The fraction of sp³-hybridized carbons (Fsp3) is 0.667. The van der Waals surface area contributed by atoms with Crippen molar-refractivity contribution in [1.82, 2.24) is 5.32 Å². The summed E-state index contributed by atoms with van der Waals surface area (Å²) in [6, 6.07) is 11.5. The summed E-state index contributed by atoms with van der Waals surface area (Å²) in [6.07, 6.45) is 11.1. The zero-order valence-corrected chi connectivity index (χ0v) is 12.4. The summed E-state index contributed by atoms with van der Waals surface area (Å²) in [7, 11) is 0. The van der Waals surface area contributed by atoms with Crippen molar-refractivity contribution in [3.8, 4) is 0 Å². The highest BCUT2D eigenvalue weighted by Crippen LogP contribution is 2.25. The van der Waals surface area contributed by atoms with Crippen molar-refractivity contribution >= 4 is 0 Å². The second kappa shape index (κ2) is 8.37. The molecular formula is C18H29N. The van der Waals surface area contributed by atoms with E-state index in [-0.39, 0.29) is 0 Å². The van der Waals surface area contributed by atoms with Gasteiger partial charge >= 0.3 is 0 Å². The van der Waals surface area contributed by atoms with Gasteiger partial charge in [0.1, 0.15) is 0 Å². The van der Waals surface area contributed by atoms with Gasteiger partial charge in [-0.3, -0.25) is 0 Å². The molecule has 106 valence electrons. The first-order valence-corrected chi connectivity index (χ1v) is 8.13. The number of nitrogens with one attached hydrogen (secondary N) is 1. The molecule has 0 bridgehead atoms. The van der Waals surface area contributed by atoms with Crippen molar-refractivity contribution in [2.75, 3.05) is 6.54 Å². The molecule has 1 aromatic rings. The SMILES string of the molecule is C[C@@H](NCCCc1ccccc1)C1CCCCCC1. The summed E-state index contributed by atoms with van der Waals surface area (Å²) in [5, 5.41) is 3.75. The molecule has 0 radical (unpaired) electrons. The lowest BCUT2D eigenvalue weighted by molar-refractivity contribution is 0.337. The first-order valence-electron chi connectivity index (χ1n) is 8.13. The van der Waals surface area contributed by atoms with E-state index in [2.05, 4.69) is 42.6 Å². The summed E-state index contributed by atoms with van der Waals surface area (Å²) >= 11 is 0. The van der Waals surface area contributed by atoms with E-state index >= 15 is 0 Å². The smallest absolute Gasteiger partial charge is 0.00669 e. The molecular weight excluding hydrogens is 230 g/mol. The average Bonchev–Trinajstić information content (AvgIpc) is 2.73. The molecule has 1 aliphatic carbocycles. The fourth-order valence-corrected chi connectivity index (χ4v) is 3.24. The number of hydrogen-bond donors (Lipinski definition) is 1. The molecule has 1 saturated carbocycles. The Hall–Kier alpha value is -0.820. The van der Waals surface area contributed by atoms with Crippen molar-refractivity contribution in [3.05, 3.63) is 35.9 Å². The van der Waals surface area contributed by atoms with Crippen LogP contribution >= 0.6 is 0 Å². The van der Waals surface area contributed by atoms with Crippen molar-refractivity contribution in [3.63, 3.8) is 0 Å². The predicted molar refractivity (Wildman–Crippen MR) is 83.4 cm³/mol. The zero-order valence-electron chi connectivity index (χ0n) is 12.4. The number of hydrogen-bond acceptors (Lipinski definition) is 1. The molecule has 1 nitrogen and oxygen atoms in total. The van der Waals surface area contributed by atoms with Crippen LogP contribution in [-0.4, -0.2) is 12.6 Å². The Morgan fingerprint density at radius 3 is 2.42 bits per heavy atom. The van der Waals surface area contributed by atoms with E-state index in [4.69, 9.17) is 0 Å². The average molecular weight is 259 g/mol. The highest BCUT2D eigenvalue weighted by molar-refractivity contribution is 5.14. The minimum absolute atomic E-state index is 0.703. The van der Waals surface area contributed by atoms with Crippen molar-refractivity contribution in [2.24, 2.45) is 5.92 Å². The molecule has 0 aromatic heterocycles. The van der Waals surface area contributed by atoms with Crippen molar-refractivity contribution in [1.29, 1.82) is 0 Å². The standard InChI is InChI=1S/C18H29N/c1-16(18-13-7-2-3-8-14-18)19-15-9-12-17-10-5-4-6-11-17/h4-6,10-11,16,18-19H,2-3,7-9,12-15H2,1H3/t16-/m1/s1.